The van der Waals surface area contributed by atoms with E-state index < -0.39 is 6.43 Å². The molecule has 0 fully saturated rings. The lowest BCUT2D eigenvalue weighted by Crippen LogP contribution is -2.24. The van der Waals surface area contributed by atoms with Gasteiger partial charge < -0.3 is 5.32 Å². The molecule has 0 radical (unpaired) electrons. The molecule has 0 bridgehead atoms. The predicted octanol–water partition coefficient (Wildman–Crippen LogP) is 2.20. The number of halogens is 2. The van der Waals surface area contributed by atoms with Crippen molar-refractivity contribution in [3.8, 4) is 12.3 Å². The fourth-order valence-corrected chi connectivity index (χ4v) is 1.98. The molecule has 0 aliphatic carbocycles. The number of alkyl halides is 2. The Balaban J connectivity index is 1.69. The van der Waals surface area contributed by atoms with E-state index in [1.54, 1.807) is 6.07 Å². The fraction of sp³-hybridized carbons (Fsp3) is 0.615. The van der Waals surface area contributed by atoms with Crippen LogP contribution in [-0.4, -0.2) is 28.4 Å². The second-order valence-corrected chi connectivity index (χ2v) is 4.71. The van der Waals surface area contributed by atoms with Crippen LogP contribution in [0.25, 0.3) is 0 Å². The first-order valence-electron chi connectivity index (χ1n) is 6.52. The number of aromatic nitrogens is 2. The molecule has 1 aliphatic heterocycles. The van der Waals surface area contributed by atoms with Gasteiger partial charge in [-0.3, -0.25) is 4.68 Å². The average molecular weight is 281 g/mol. The Kier molecular flexibility index (Phi) is 4.79. The van der Waals surface area contributed by atoms with Crippen molar-refractivity contribution in [3.63, 3.8) is 0 Å². The molecule has 0 spiro atoms. The lowest BCUT2D eigenvalue weighted by Gasteiger charge is -2.11. The first-order chi connectivity index (χ1) is 9.65. The molecule has 0 saturated carbocycles. The second-order valence-electron chi connectivity index (χ2n) is 4.71. The summed E-state index contributed by atoms with van der Waals surface area (Å²) >= 11 is 0. The van der Waals surface area contributed by atoms with Crippen LogP contribution in [0.4, 0.5) is 8.78 Å². The van der Waals surface area contributed by atoms with Crippen LogP contribution in [0.1, 0.15) is 25.0 Å². The zero-order valence-electron chi connectivity index (χ0n) is 11.1. The summed E-state index contributed by atoms with van der Waals surface area (Å²) in [4.78, 5) is 0. The normalized spacial score (nSPS) is 15.5. The van der Waals surface area contributed by atoms with E-state index in [-0.39, 0.29) is 12.2 Å². The van der Waals surface area contributed by atoms with Gasteiger partial charge in [-0.2, -0.15) is 15.3 Å². The van der Waals surface area contributed by atoms with Crippen molar-refractivity contribution in [2.24, 2.45) is 10.2 Å². The minimum Gasteiger partial charge on any atom is -0.311 e. The van der Waals surface area contributed by atoms with E-state index in [0.717, 1.165) is 18.5 Å². The van der Waals surface area contributed by atoms with Gasteiger partial charge in [0.2, 0.25) is 0 Å². The van der Waals surface area contributed by atoms with Crippen LogP contribution in [0, 0.1) is 12.3 Å². The van der Waals surface area contributed by atoms with Crippen molar-refractivity contribution in [1.82, 2.24) is 15.1 Å². The molecule has 0 atom stereocenters. The van der Waals surface area contributed by atoms with E-state index >= 15 is 0 Å². The first kappa shape index (κ1) is 14.6. The lowest BCUT2D eigenvalue weighted by molar-refractivity contribution is 0.120. The molecular weight excluding hydrogens is 264 g/mol. The fourth-order valence-electron chi connectivity index (χ4n) is 1.98. The number of hydrogen-bond acceptors (Lipinski definition) is 4. The summed E-state index contributed by atoms with van der Waals surface area (Å²) in [5, 5.41) is 15.1. The van der Waals surface area contributed by atoms with E-state index in [4.69, 9.17) is 6.42 Å². The van der Waals surface area contributed by atoms with Crippen LogP contribution in [0.2, 0.25) is 0 Å². The highest BCUT2D eigenvalue weighted by Crippen LogP contribution is 2.35. The maximum absolute atomic E-state index is 12.3. The van der Waals surface area contributed by atoms with Crippen LogP contribution in [0.3, 0.4) is 0 Å². The molecule has 0 aromatic carbocycles. The van der Waals surface area contributed by atoms with Crippen molar-refractivity contribution in [2.45, 2.75) is 44.4 Å². The Labute approximate surface area is 116 Å². The van der Waals surface area contributed by atoms with E-state index in [2.05, 4.69) is 26.6 Å². The quantitative estimate of drug-likeness (QED) is 0.557. The summed E-state index contributed by atoms with van der Waals surface area (Å²) in [6.07, 6.45) is 6.56. The molecule has 1 aromatic heterocycles. The van der Waals surface area contributed by atoms with Gasteiger partial charge in [-0.25, -0.2) is 8.78 Å². The molecule has 2 rings (SSSR count). The van der Waals surface area contributed by atoms with Crippen molar-refractivity contribution < 1.29 is 8.78 Å². The maximum atomic E-state index is 12.3. The van der Waals surface area contributed by atoms with Gasteiger partial charge in [0.15, 0.2) is 5.66 Å². The molecule has 0 unspecified atom stereocenters. The predicted molar refractivity (Wildman–Crippen MR) is 70.2 cm³/mol. The zero-order valence-corrected chi connectivity index (χ0v) is 11.1. The van der Waals surface area contributed by atoms with Gasteiger partial charge in [0.25, 0.3) is 6.43 Å². The van der Waals surface area contributed by atoms with Crippen LogP contribution < -0.4 is 5.32 Å². The molecule has 1 N–H and O–H groups in total. The Morgan fingerprint density at radius 1 is 1.40 bits per heavy atom. The minimum absolute atomic E-state index is 0.303. The van der Waals surface area contributed by atoms with Crippen molar-refractivity contribution in [1.29, 1.82) is 0 Å². The van der Waals surface area contributed by atoms with E-state index in [9.17, 15) is 8.78 Å². The molecule has 108 valence electrons. The third kappa shape index (κ3) is 4.10. The maximum Gasteiger partial charge on any atom is 0.257 e. The van der Waals surface area contributed by atoms with Crippen LogP contribution >= 0.6 is 0 Å². The summed E-state index contributed by atoms with van der Waals surface area (Å²) in [6.45, 7) is 0.830. The number of hydrogen-bond donors (Lipinski definition) is 1. The Morgan fingerprint density at radius 2 is 2.20 bits per heavy atom. The van der Waals surface area contributed by atoms with Gasteiger partial charge in [0.05, 0.1) is 5.69 Å². The van der Waals surface area contributed by atoms with Gasteiger partial charge in [0, 0.05) is 32.0 Å². The molecule has 0 saturated heterocycles. The molecule has 5 nitrogen and oxygen atoms in total. The number of nitrogens with one attached hydrogen (secondary N) is 1. The van der Waals surface area contributed by atoms with Crippen LogP contribution in [-0.2, 0) is 13.1 Å². The number of rotatable bonds is 9. The Hall–Kier alpha value is -1.81. The van der Waals surface area contributed by atoms with Crippen molar-refractivity contribution in [2.75, 3.05) is 6.54 Å². The van der Waals surface area contributed by atoms with Crippen LogP contribution in [0.15, 0.2) is 22.5 Å². The Bertz CT molecular complexity index is 497. The van der Waals surface area contributed by atoms with Gasteiger partial charge in [0.1, 0.15) is 6.54 Å². The van der Waals surface area contributed by atoms with Gasteiger partial charge in [-0.1, -0.05) is 0 Å². The summed E-state index contributed by atoms with van der Waals surface area (Å²) in [5.74, 6) is 2.58. The second kappa shape index (κ2) is 6.57. The zero-order chi connectivity index (χ0) is 14.4. The molecule has 1 aliphatic rings. The highest BCUT2D eigenvalue weighted by Gasteiger charge is 2.38. The van der Waals surface area contributed by atoms with Crippen molar-refractivity contribution in [3.05, 3.63) is 18.0 Å². The monoisotopic (exact) mass is 281 g/mol. The summed E-state index contributed by atoms with van der Waals surface area (Å²) in [5.41, 5.74) is 0.440. The molecule has 20 heavy (non-hydrogen) atoms. The highest BCUT2D eigenvalue weighted by molar-refractivity contribution is 5.01. The first-order valence-corrected chi connectivity index (χ1v) is 6.52. The number of nitrogens with zero attached hydrogens (tertiary/aromatic N) is 4. The molecular formula is C13H17F2N5. The van der Waals surface area contributed by atoms with Crippen molar-refractivity contribution >= 4 is 0 Å². The number of terminal acetylenes is 1. The van der Waals surface area contributed by atoms with E-state index in [0.29, 0.717) is 19.5 Å². The average Bonchev–Trinajstić information content (AvgIpc) is 3.06. The summed E-state index contributed by atoms with van der Waals surface area (Å²) < 4.78 is 26.0. The third-order valence-corrected chi connectivity index (χ3v) is 3.18. The third-order valence-electron chi connectivity index (χ3n) is 3.18. The summed E-state index contributed by atoms with van der Waals surface area (Å²) in [6, 6.07) is 1.73. The van der Waals surface area contributed by atoms with Crippen LogP contribution in [0.5, 0.6) is 0 Å². The molecule has 7 heteroatoms. The minimum atomic E-state index is -2.40. The SMILES string of the molecule is C#CCCC1(CCNCc2ccnn2CC(F)F)N=N1. The van der Waals surface area contributed by atoms with E-state index in [1.807, 2.05) is 0 Å². The summed E-state index contributed by atoms with van der Waals surface area (Å²) in [7, 11) is 0. The van der Waals surface area contributed by atoms with Gasteiger partial charge in [-0.15, -0.1) is 12.3 Å². The van der Waals surface area contributed by atoms with Gasteiger partial charge >= 0.3 is 0 Å². The Morgan fingerprint density at radius 3 is 2.85 bits per heavy atom. The topological polar surface area (TPSA) is 54.6 Å². The largest absolute Gasteiger partial charge is 0.311 e. The molecule has 1 aromatic rings. The lowest BCUT2D eigenvalue weighted by atomic mass is 10.0. The standard InChI is InChI=1S/C13H17F2N5/c1-2-3-5-13(18-19-13)6-8-16-9-11-4-7-17-20(11)10-12(14)15/h1,4,7,12,16H,3,5-6,8-10H2. The molecule has 2 heterocycles. The van der Waals surface area contributed by atoms with Gasteiger partial charge in [-0.05, 0) is 12.6 Å². The molecule has 0 amide bonds. The highest BCUT2D eigenvalue weighted by atomic mass is 19.3. The van der Waals surface area contributed by atoms with E-state index in [1.165, 1.54) is 10.9 Å². The smallest absolute Gasteiger partial charge is 0.257 e.